The molecule has 2 unspecified atom stereocenters. The first-order valence-electron chi connectivity index (χ1n) is 6.76. The highest BCUT2D eigenvalue weighted by molar-refractivity contribution is 5.30. The molecule has 1 rings (SSSR count). The molecule has 0 saturated carbocycles. The summed E-state index contributed by atoms with van der Waals surface area (Å²) in [6.45, 7) is 9.15. The Balaban J connectivity index is 2.74. The Labute approximate surface area is 111 Å². The van der Waals surface area contributed by atoms with E-state index in [2.05, 4.69) is 44.4 Å². The molecule has 0 amide bonds. The second-order valence-corrected chi connectivity index (χ2v) is 4.80. The van der Waals surface area contributed by atoms with Crippen molar-refractivity contribution < 1.29 is 4.74 Å². The van der Waals surface area contributed by atoms with Crippen molar-refractivity contribution in [1.29, 1.82) is 0 Å². The second kappa shape index (κ2) is 7.52. The van der Waals surface area contributed by atoms with Gasteiger partial charge in [-0.3, -0.25) is 11.3 Å². The number of benzene rings is 1. The summed E-state index contributed by atoms with van der Waals surface area (Å²) in [4.78, 5) is 0. The van der Waals surface area contributed by atoms with Gasteiger partial charge >= 0.3 is 0 Å². The van der Waals surface area contributed by atoms with E-state index in [9.17, 15) is 0 Å². The van der Waals surface area contributed by atoms with Crippen molar-refractivity contribution in [2.45, 2.75) is 52.7 Å². The van der Waals surface area contributed by atoms with Gasteiger partial charge in [-0.25, -0.2) is 0 Å². The maximum absolute atomic E-state index is 5.73. The van der Waals surface area contributed by atoms with E-state index in [0.29, 0.717) is 0 Å². The summed E-state index contributed by atoms with van der Waals surface area (Å²) < 4.78 is 5.73. The van der Waals surface area contributed by atoms with E-state index in [1.54, 1.807) is 0 Å². The van der Waals surface area contributed by atoms with Crippen LogP contribution in [0.25, 0.3) is 0 Å². The molecular weight excluding hydrogens is 224 g/mol. The van der Waals surface area contributed by atoms with E-state index in [4.69, 9.17) is 10.6 Å². The molecule has 102 valence electrons. The molecule has 1 aromatic rings. The van der Waals surface area contributed by atoms with E-state index in [0.717, 1.165) is 19.4 Å². The van der Waals surface area contributed by atoms with Crippen LogP contribution in [0.4, 0.5) is 0 Å². The largest absolute Gasteiger partial charge is 0.377 e. The molecule has 0 radical (unpaired) electrons. The lowest BCUT2D eigenvalue weighted by molar-refractivity contribution is 0.0319. The summed E-state index contributed by atoms with van der Waals surface area (Å²) in [5.41, 5.74) is 6.85. The molecule has 0 saturated heterocycles. The minimum absolute atomic E-state index is 0.164. The standard InChI is InChI=1S/C15H26N2O/c1-5-15(18-6-2)14(17-16)10-13-8-7-11(3)12(4)9-13/h7-9,14-15,17H,5-6,10,16H2,1-4H3. The van der Waals surface area contributed by atoms with Crippen LogP contribution in [0.3, 0.4) is 0 Å². The third-order valence-corrected chi connectivity index (χ3v) is 3.47. The molecule has 0 aromatic heterocycles. The molecule has 3 nitrogen and oxygen atoms in total. The van der Waals surface area contributed by atoms with Gasteiger partial charge in [-0.2, -0.15) is 0 Å². The van der Waals surface area contributed by atoms with Crippen molar-refractivity contribution in [3.63, 3.8) is 0 Å². The number of hydrogen-bond acceptors (Lipinski definition) is 3. The van der Waals surface area contributed by atoms with Gasteiger partial charge in [-0.15, -0.1) is 0 Å². The maximum Gasteiger partial charge on any atom is 0.0741 e. The van der Waals surface area contributed by atoms with Crippen molar-refractivity contribution in [2.24, 2.45) is 5.84 Å². The van der Waals surface area contributed by atoms with Crippen LogP contribution in [-0.4, -0.2) is 18.8 Å². The molecule has 3 N–H and O–H groups in total. The highest BCUT2D eigenvalue weighted by Gasteiger charge is 2.19. The fourth-order valence-electron chi connectivity index (χ4n) is 2.21. The molecule has 2 atom stereocenters. The number of ether oxygens (including phenoxy) is 1. The van der Waals surface area contributed by atoms with Crippen LogP contribution in [-0.2, 0) is 11.2 Å². The lowest BCUT2D eigenvalue weighted by atomic mass is 9.97. The third kappa shape index (κ3) is 4.09. The van der Waals surface area contributed by atoms with Gasteiger partial charge in [0.2, 0.25) is 0 Å². The Morgan fingerprint density at radius 1 is 1.22 bits per heavy atom. The predicted molar refractivity (Wildman–Crippen MR) is 76.4 cm³/mol. The highest BCUT2D eigenvalue weighted by atomic mass is 16.5. The summed E-state index contributed by atoms with van der Waals surface area (Å²) in [7, 11) is 0. The van der Waals surface area contributed by atoms with Gasteiger partial charge in [-0.05, 0) is 50.3 Å². The van der Waals surface area contributed by atoms with Gasteiger partial charge in [0.1, 0.15) is 0 Å². The highest BCUT2D eigenvalue weighted by Crippen LogP contribution is 2.14. The molecule has 0 aliphatic rings. The van der Waals surface area contributed by atoms with E-state index in [-0.39, 0.29) is 12.1 Å². The van der Waals surface area contributed by atoms with E-state index >= 15 is 0 Å². The first-order chi connectivity index (χ1) is 8.62. The van der Waals surface area contributed by atoms with Gasteiger partial charge in [0.05, 0.1) is 12.1 Å². The number of hydrazine groups is 1. The fraction of sp³-hybridized carbons (Fsp3) is 0.600. The van der Waals surface area contributed by atoms with Crippen LogP contribution >= 0.6 is 0 Å². The molecule has 0 fully saturated rings. The number of hydrogen-bond donors (Lipinski definition) is 2. The minimum Gasteiger partial charge on any atom is -0.377 e. The molecule has 3 heteroatoms. The molecule has 18 heavy (non-hydrogen) atoms. The summed E-state index contributed by atoms with van der Waals surface area (Å²) >= 11 is 0. The molecule has 0 spiro atoms. The van der Waals surface area contributed by atoms with Crippen LogP contribution in [0, 0.1) is 13.8 Å². The fourth-order valence-corrected chi connectivity index (χ4v) is 2.21. The van der Waals surface area contributed by atoms with Crippen molar-refractivity contribution in [2.75, 3.05) is 6.61 Å². The molecule has 0 bridgehead atoms. The summed E-state index contributed by atoms with van der Waals surface area (Å²) in [6.07, 6.45) is 2.03. The average molecular weight is 250 g/mol. The van der Waals surface area contributed by atoms with Crippen LogP contribution in [0.1, 0.15) is 37.0 Å². The maximum atomic E-state index is 5.73. The Morgan fingerprint density at radius 2 is 1.94 bits per heavy atom. The third-order valence-electron chi connectivity index (χ3n) is 3.47. The summed E-state index contributed by atoms with van der Waals surface area (Å²) in [6, 6.07) is 6.74. The minimum atomic E-state index is 0.164. The van der Waals surface area contributed by atoms with Gasteiger partial charge in [-0.1, -0.05) is 25.1 Å². The number of rotatable bonds is 7. The quantitative estimate of drug-likeness (QED) is 0.577. The first-order valence-corrected chi connectivity index (χ1v) is 6.76. The van der Waals surface area contributed by atoms with Gasteiger partial charge in [0.25, 0.3) is 0 Å². The van der Waals surface area contributed by atoms with Crippen molar-refractivity contribution in [3.8, 4) is 0 Å². The van der Waals surface area contributed by atoms with Gasteiger partial charge in [0.15, 0.2) is 0 Å². The van der Waals surface area contributed by atoms with Crippen LogP contribution in [0.15, 0.2) is 18.2 Å². The molecule has 1 aromatic carbocycles. The van der Waals surface area contributed by atoms with Crippen molar-refractivity contribution in [3.05, 3.63) is 34.9 Å². The zero-order valence-corrected chi connectivity index (χ0v) is 12.0. The lowest BCUT2D eigenvalue weighted by Crippen LogP contribution is -2.46. The summed E-state index contributed by atoms with van der Waals surface area (Å²) in [5.74, 6) is 5.67. The van der Waals surface area contributed by atoms with Crippen molar-refractivity contribution in [1.82, 2.24) is 5.43 Å². The monoisotopic (exact) mass is 250 g/mol. The van der Waals surface area contributed by atoms with Crippen LogP contribution in [0.2, 0.25) is 0 Å². The predicted octanol–water partition coefficient (Wildman–Crippen LogP) is 2.49. The molecule has 0 heterocycles. The zero-order chi connectivity index (χ0) is 13.5. The smallest absolute Gasteiger partial charge is 0.0741 e. The molecule has 0 aliphatic heterocycles. The topological polar surface area (TPSA) is 47.3 Å². The van der Waals surface area contributed by atoms with Crippen molar-refractivity contribution >= 4 is 0 Å². The first kappa shape index (κ1) is 15.2. The molecule has 0 aliphatic carbocycles. The SMILES string of the molecule is CCOC(CC)C(Cc1ccc(C)c(C)c1)NN. The van der Waals surface area contributed by atoms with E-state index in [1.165, 1.54) is 16.7 Å². The Bertz CT molecular complexity index is 366. The Morgan fingerprint density at radius 3 is 2.44 bits per heavy atom. The van der Waals surface area contributed by atoms with Crippen LogP contribution in [0.5, 0.6) is 0 Å². The average Bonchev–Trinajstić information content (AvgIpc) is 2.37. The Kier molecular flexibility index (Phi) is 6.33. The van der Waals surface area contributed by atoms with E-state index in [1.807, 2.05) is 6.92 Å². The second-order valence-electron chi connectivity index (χ2n) is 4.80. The van der Waals surface area contributed by atoms with E-state index < -0.39 is 0 Å². The van der Waals surface area contributed by atoms with Crippen LogP contribution < -0.4 is 11.3 Å². The zero-order valence-electron chi connectivity index (χ0n) is 12.0. The lowest BCUT2D eigenvalue weighted by Gasteiger charge is -2.25. The normalized spacial score (nSPS) is 14.5. The van der Waals surface area contributed by atoms with Gasteiger partial charge < -0.3 is 4.74 Å². The number of nitrogens with one attached hydrogen (secondary N) is 1. The number of nitrogens with two attached hydrogens (primary N) is 1. The van der Waals surface area contributed by atoms with Gasteiger partial charge in [0, 0.05) is 6.61 Å². The molecular formula is C15H26N2O. The Hall–Kier alpha value is -0.900. The number of aryl methyl sites for hydroxylation is 2. The summed E-state index contributed by atoms with van der Waals surface area (Å²) in [5, 5.41) is 0.